The van der Waals surface area contributed by atoms with Gasteiger partial charge in [0.1, 0.15) is 0 Å². The van der Waals surface area contributed by atoms with Gasteiger partial charge in [0.15, 0.2) is 5.13 Å². The molecule has 84 valence electrons. The maximum Gasteiger partial charge on any atom is 0.176 e. The summed E-state index contributed by atoms with van der Waals surface area (Å²) < 4.78 is 12.7. The Kier molecular flexibility index (Phi) is 3.93. The van der Waals surface area contributed by atoms with Gasteiger partial charge in [0.2, 0.25) is 0 Å². The van der Waals surface area contributed by atoms with Crippen LogP contribution in [0, 0.1) is 5.13 Å². The Morgan fingerprint density at radius 3 is 2.62 bits per heavy atom. The SMILES string of the molecule is Fc1ccc(CNCc2ccccc2Cl)s1. The minimum absolute atomic E-state index is 0.144. The summed E-state index contributed by atoms with van der Waals surface area (Å²) in [5, 5.41) is 3.84. The molecule has 0 saturated carbocycles. The number of benzene rings is 1. The van der Waals surface area contributed by atoms with Crippen LogP contribution in [-0.4, -0.2) is 0 Å². The van der Waals surface area contributed by atoms with Crippen molar-refractivity contribution < 1.29 is 4.39 Å². The maximum absolute atomic E-state index is 12.7. The number of nitrogens with one attached hydrogen (secondary N) is 1. The lowest BCUT2D eigenvalue weighted by molar-refractivity contribution is 0.657. The van der Waals surface area contributed by atoms with Gasteiger partial charge in [-0.3, -0.25) is 0 Å². The summed E-state index contributed by atoms with van der Waals surface area (Å²) in [5.41, 5.74) is 1.06. The van der Waals surface area contributed by atoms with Crippen molar-refractivity contribution in [3.05, 3.63) is 57.0 Å². The molecule has 0 aliphatic carbocycles. The summed E-state index contributed by atoms with van der Waals surface area (Å²) in [7, 11) is 0. The number of rotatable bonds is 4. The lowest BCUT2D eigenvalue weighted by Gasteiger charge is -2.04. The molecule has 0 spiro atoms. The molecule has 0 aliphatic rings. The Hall–Kier alpha value is -0.900. The third-order valence-corrected chi connectivity index (χ3v) is 3.44. The second-order valence-electron chi connectivity index (χ2n) is 3.40. The summed E-state index contributed by atoms with van der Waals surface area (Å²) in [6.07, 6.45) is 0. The lowest BCUT2D eigenvalue weighted by atomic mass is 10.2. The molecule has 0 saturated heterocycles. The minimum Gasteiger partial charge on any atom is -0.308 e. The summed E-state index contributed by atoms with van der Waals surface area (Å²) >= 11 is 7.18. The summed E-state index contributed by atoms with van der Waals surface area (Å²) in [6, 6.07) is 11.0. The fourth-order valence-corrected chi connectivity index (χ4v) is 2.31. The first-order valence-corrected chi connectivity index (χ1v) is 6.13. The molecule has 2 rings (SSSR count). The van der Waals surface area contributed by atoms with Crippen LogP contribution in [0.5, 0.6) is 0 Å². The highest BCUT2D eigenvalue weighted by Gasteiger charge is 2.00. The van der Waals surface area contributed by atoms with E-state index in [1.165, 1.54) is 6.07 Å². The zero-order valence-electron chi connectivity index (χ0n) is 8.54. The van der Waals surface area contributed by atoms with E-state index in [9.17, 15) is 4.39 Å². The van der Waals surface area contributed by atoms with E-state index in [4.69, 9.17) is 11.6 Å². The lowest BCUT2D eigenvalue weighted by Crippen LogP contribution is -2.11. The normalized spacial score (nSPS) is 10.6. The Balaban J connectivity index is 1.87. The molecule has 1 heterocycles. The van der Waals surface area contributed by atoms with E-state index in [-0.39, 0.29) is 5.13 Å². The molecule has 16 heavy (non-hydrogen) atoms. The fraction of sp³-hybridized carbons (Fsp3) is 0.167. The van der Waals surface area contributed by atoms with Gasteiger partial charge in [0, 0.05) is 23.0 Å². The van der Waals surface area contributed by atoms with E-state index in [0.29, 0.717) is 13.1 Å². The zero-order valence-corrected chi connectivity index (χ0v) is 10.1. The molecule has 1 nitrogen and oxygen atoms in total. The van der Waals surface area contributed by atoms with Gasteiger partial charge >= 0.3 is 0 Å². The van der Waals surface area contributed by atoms with E-state index < -0.39 is 0 Å². The van der Waals surface area contributed by atoms with Gasteiger partial charge in [-0.05, 0) is 23.8 Å². The average molecular weight is 256 g/mol. The van der Waals surface area contributed by atoms with Crippen molar-refractivity contribution in [3.8, 4) is 0 Å². The highest BCUT2D eigenvalue weighted by atomic mass is 35.5. The summed E-state index contributed by atoms with van der Waals surface area (Å²) in [4.78, 5) is 0.990. The van der Waals surface area contributed by atoms with Crippen LogP contribution in [0.2, 0.25) is 5.02 Å². The first-order valence-electron chi connectivity index (χ1n) is 4.94. The predicted octanol–water partition coefficient (Wildman–Crippen LogP) is 3.83. The molecule has 1 aromatic heterocycles. The van der Waals surface area contributed by atoms with Crippen LogP contribution < -0.4 is 5.32 Å². The van der Waals surface area contributed by atoms with Gasteiger partial charge in [0.05, 0.1) is 0 Å². The van der Waals surface area contributed by atoms with Crippen LogP contribution >= 0.6 is 22.9 Å². The molecule has 0 unspecified atom stereocenters. The second kappa shape index (κ2) is 5.43. The molecule has 0 atom stereocenters. The van der Waals surface area contributed by atoms with Crippen LogP contribution in [-0.2, 0) is 13.1 Å². The quantitative estimate of drug-likeness (QED) is 0.876. The highest BCUT2D eigenvalue weighted by molar-refractivity contribution is 7.10. The third-order valence-electron chi connectivity index (χ3n) is 2.20. The Morgan fingerprint density at radius 2 is 1.94 bits per heavy atom. The Bertz CT molecular complexity index is 470. The van der Waals surface area contributed by atoms with E-state index in [1.807, 2.05) is 24.3 Å². The molecule has 1 aromatic carbocycles. The molecule has 2 aromatic rings. The summed E-state index contributed by atoms with van der Waals surface area (Å²) in [5.74, 6) is 0. The molecule has 1 N–H and O–H groups in total. The average Bonchev–Trinajstić information content (AvgIpc) is 2.67. The van der Waals surface area contributed by atoms with Crippen LogP contribution in [0.15, 0.2) is 36.4 Å². The van der Waals surface area contributed by atoms with Crippen molar-refractivity contribution in [2.45, 2.75) is 13.1 Å². The molecular weight excluding hydrogens is 245 g/mol. The first-order chi connectivity index (χ1) is 7.75. The van der Waals surface area contributed by atoms with Crippen molar-refractivity contribution in [2.24, 2.45) is 0 Å². The van der Waals surface area contributed by atoms with Gasteiger partial charge in [-0.1, -0.05) is 29.8 Å². The van der Waals surface area contributed by atoms with Crippen molar-refractivity contribution in [1.82, 2.24) is 5.32 Å². The summed E-state index contributed by atoms with van der Waals surface area (Å²) in [6.45, 7) is 1.36. The number of halogens is 2. The van der Waals surface area contributed by atoms with E-state index in [1.54, 1.807) is 6.07 Å². The second-order valence-corrected chi connectivity index (χ2v) is 4.93. The van der Waals surface area contributed by atoms with E-state index in [2.05, 4.69) is 5.32 Å². The maximum atomic E-state index is 12.7. The van der Waals surface area contributed by atoms with Gasteiger partial charge in [-0.2, -0.15) is 4.39 Å². The molecule has 0 fully saturated rings. The molecule has 0 amide bonds. The Labute approximate surface area is 103 Å². The fourth-order valence-electron chi connectivity index (χ4n) is 1.41. The molecule has 0 radical (unpaired) electrons. The van der Waals surface area contributed by atoms with Crippen molar-refractivity contribution >= 4 is 22.9 Å². The molecular formula is C12H11ClFNS. The monoisotopic (exact) mass is 255 g/mol. The van der Waals surface area contributed by atoms with Gasteiger partial charge < -0.3 is 5.32 Å². The van der Waals surface area contributed by atoms with Crippen LogP contribution in [0.25, 0.3) is 0 Å². The van der Waals surface area contributed by atoms with Crippen LogP contribution in [0.1, 0.15) is 10.4 Å². The largest absolute Gasteiger partial charge is 0.308 e. The van der Waals surface area contributed by atoms with Crippen LogP contribution in [0.3, 0.4) is 0 Å². The van der Waals surface area contributed by atoms with Gasteiger partial charge in [-0.15, -0.1) is 11.3 Å². The van der Waals surface area contributed by atoms with Crippen molar-refractivity contribution in [3.63, 3.8) is 0 Å². The molecule has 0 bridgehead atoms. The first kappa shape index (κ1) is 11.6. The van der Waals surface area contributed by atoms with Crippen LogP contribution in [0.4, 0.5) is 4.39 Å². The Morgan fingerprint density at radius 1 is 1.12 bits per heavy atom. The third kappa shape index (κ3) is 3.04. The van der Waals surface area contributed by atoms with Gasteiger partial charge in [-0.25, -0.2) is 0 Å². The number of hydrogen-bond donors (Lipinski definition) is 1. The van der Waals surface area contributed by atoms with E-state index in [0.717, 1.165) is 26.8 Å². The smallest absolute Gasteiger partial charge is 0.176 e. The standard InChI is InChI=1S/C12H11ClFNS/c13-11-4-2-1-3-9(11)7-15-8-10-5-6-12(14)16-10/h1-6,15H,7-8H2. The number of hydrogen-bond acceptors (Lipinski definition) is 2. The molecule has 4 heteroatoms. The number of thiophene rings is 1. The zero-order chi connectivity index (χ0) is 11.4. The van der Waals surface area contributed by atoms with Crippen molar-refractivity contribution in [1.29, 1.82) is 0 Å². The topological polar surface area (TPSA) is 12.0 Å². The predicted molar refractivity (Wildman–Crippen MR) is 66.3 cm³/mol. The minimum atomic E-state index is -0.144. The highest BCUT2D eigenvalue weighted by Crippen LogP contribution is 2.16. The van der Waals surface area contributed by atoms with Gasteiger partial charge in [0.25, 0.3) is 0 Å². The molecule has 0 aliphatic heterocycles. The van der Waals surface area contributed by atoms with E-state index >= 15 is 0 Å². The van der Waals surface area contributed by atoms with Crippen molar-refractivity contribution in [2.75, 3.05) is 0 Å².